The lowest BCUT2D eigenvalue weighted by Gasteiger charge is -2.54. The van der Waals surface area contributed by atoms with Gasteiger partial charge in [-0.1, -0.05) is 19.3 Å². The first-order valence-corrected chi connectivity index (χ1v) is 11.1. The summed E-state index contributed by atoms with van der Waals surface area (Å²) in [5.74, 6) is 2.21. The quantitative estimate of drug-likeness (QED) is 0.741. The molecule has 0 bridgehead atoms. The molecule has 3 nitrogen and oxygen atoms in total. The number of ether oxygens (including phenoxy) is 1. The van der Waals surface area contributed by atoms with E-state index in [0.717, 1.165) is 30.7 Å². The molecule has 3 atom stereocenters. The monoisotopic (exact) mass is 346 g/mol. The molecule has 0 N–H and O–H groups in total. The maximum atomic E-state index is 5.91. The molecular weight excluding hydrogens is 308 g/mol. The molecule has 0 amide bonds. The molecule has 3 unspecified atom stereocenters. The van der Waals surface area contributed by atoms with E-state index in [9.17, 15) is 0 Å². The zero-order chi connectivity index (χ0) is 17.1. The highest BCUT2D eigenvalue weighted by molar-refractivity contribution is 5.01. The number of hydrogen-bond acceptors (Lipinski definition) is 3. The van der Waals surface area contributed by atoms with Gasteiger partial charge in [-0.05, 0) is 77.0 Å². The van der Waals surface area contributed by atoms with Crippen LogP contribution in [0, 0.1) is 5.92 Å². The number of rotatable bonds is 4. The lowest BCUT2D eigenvalue weighted by molar-refractivity contribution is -0.0456. The first-order chi connectivity index (χ1) is 12.3. The molecule has 3 heteroatoms. The van der Waals surface area contributed by atoms with E-state index in [0.29, 0.717) is 0 Å². The summed E-state index contributed by atoms with van der Waals surface area (Å²) in [5, 5.41) is 0. The van der Waals surface area contributed by atoms with E-state index < -0.39 is 0 Å². The molecule has 1 saturated carbocycles. The van der Waals surface area contributed by atoms with Gasteiger partial charge in [-0.25, -0.2) is 0 Å². The topological polar surface area (TPSA) is 15.7 Å². The van der Waals surface area contributed by atoms with Crippen LogP contribution in [0.5, 0.6) is 0 Å². The summed E-state index contributed by atoms with van der Waals surface area (Å²) in [5.41, 5.74) is 0. The van der Waals surface area contributed by atoms with Crippen LogP contribution in [0.1, 0.15) is 77.0 Å². The summed E-state index contributed by atoms with van der Waals surface area (Å²) in [6, 6.07) is 2.54. The fraction of sp³-hybridized carbons (Fsp3) is 0.909. The van der Waals surface area contributed by atoms with Gasteiger partial charge < -0.3 is 9.64 Å². The van der Waals surface area contributed by atoms with Gasteiger partial charge in [0.2, 0.25) is 0 Å². The van der Waals surface area contributed by atoms with Crippen LogP contribution in [-0.4, -0.2) is 54.7 Å². The zero-order valence-electron chi connectivity index (χ0n) is 16.3. The van der Waals surface area contributed by atoms with Crippen LogP contribution in [0.2, 0.25) is 0 Å². The maximum absolute atomic E-state index is 5.91. The molecular formula is C22H38N2O. The molecule has 0 radical (unpaired) electrons. The van der Waals surface area contributed by atoms with Crippen molar-refractivity contribution >= 4 is 0 Å². The molecule has 0 spiro atoms. The molecule has 142 valence electrons. The molecule has 0 aromatic heterocycles. The minimum Gasteiger partial charge on any atom is -0.498 e. The summed E-state index contributed by atoms with van der Waals surface area (Å²) >= 11 is 0. The number of fused-ring (bicyclic) bond motifs is 1. The highest BCUT2D eigenvalue weighted by Gasteiger charge is 2.42. The second-order valence-corrected chi connectivity index (χ2v) is 9.05. The van der Waals surface area contributed by atoms with Gasteiger partial charge in [-0.3, -0.25) is 4.90 Å². The Hall–Kier alpha value is -0.540. The predicted molar refractivity (Wildman–Crippen MR) is 104 cm³/mol. The van der Waals surface area contributed by atoms with E-state index in [1.807, 2.05) is 0 Å². The molecule has 0 aromatic rings. The minimum absolute atomic E-state index is 0.805. The van der Waals surface area contributed by atoms with Crippen LogP contribution in [0.4, 0.5) is 0 Å². The lowest BCUT2D eigenvalue weighted by Crippen LogP contribution is -2.60. The zero-order valence-corrected chi connectivity index (χ0v) is 16.3. The highest BCUT2D eigenvalue weighted by atomic mass is 16.5. The number of piperidine rings is 2. The van der Waals surface area contributed by atoms with Crippen molar-refractivity contribution in [3.63, 3.8) is 0 Å². The van der Waals surface area contributed by atoms with Gasteiger partial charge in [-0.2, -0.15) is 0 Å². The largest absolute Gasteiger partial charge is 0.498 e. The summed E-state index contributed by atoms with van der Waals surface area (Å²) in [4.78, 5) is 5.63. The molecule has 3 aliphatic heterocycles. The molecule has 1 aliphatic carbocycles. The average Bonchev–Trinajstić information content (AvgIpc) is 2.67. The van der Waals surface area contributed by atoms with Gasteiger partial charge in [0, 0.05) is 31.1 Å². The van der Waals surface area contributed by atoms with Crippen molar-refractivity contribution in [2.24, 2.45) is 5.92 Å². The first-order valence-electron chi connectivity index (χ1n) is 11.1. The Morgan fingerprint density at radius 1 is 1.04 bits per heavy atom. The number of allylic oxidation sites excluding steroid dienone is 2. The van der Waals surface area contributed by atoms with Gasteiger partial charge in [0.15, 0.2) is 0 Å². The fourth-order valence-electron chi connectivity index (χ4n) is 6.04. The SMILES string of the molecule is CN1CCC2C(CCC(CCC3=CCCCO3)N2C2CCCCC2)C1. The smallest absolute Gasteiger partial charge is 0.0920 e. The standard InChI is InChI=1S/C22H38N2O/c1-23-15-14-22-18(17-23)10-11-20(12-13-21-9-5-6-16-25-21)24(22)19-7-3-2-4-8-19/h9,18-20,22H,2-8,10-17H2,1H3. The van der Waals surface area contributed by atoms with Gasteiger partial charge in [0.05, 0.1) is 12.4 Å². The van der Waals surface area contributed by atoms with Crippen molar-refractivity contribution in [2.75, 3.05) is 26.7 Å². The van der Waals surface area contributed by atoms with Gasteiger partial charge >= 0.3 is 0 Å². The Bertz CT molecular complexity index is 457. The average molecular weight is 347 g/mol. The van der Waals surface area contributed by atoms with Crippen molar-refractivity contribution in [3.05, 3.63) is 11.8 Å². The van der Waals surface area contributed by atoms with E-state index >= 15 is 0 Å². The van der Waals surface area contributed by atoms with E-state index in [1.165, 1.54) is 95.9 Å². The summed E-state index contributed by atoms with van der Waals surface area (Å²) in [6.45, 7) is 3.57. The van der Waals surface area contributed by atoms with Crippen LogP contribution in [-0.2, 0) is 4.74 Å². The Morgan fingerprint density at radius 3 is 2.72 bits per heavy atom. The van der Waals surface area contributed by atoms with Gasteiger partial charge in [0.1, 0.15) is 0 Å². The van der Waals surface area contributed by atoms with Crippen LogP contribution < -0.4 is 0 Å². The van der Waals surface area contributed by atoms with Crippen molar-refractivity contribution in [3.8, 4) is 0 Å². The summed E-state index contributed by atoms with van der Waals surface area (Å²) < 4.78 is 5.91. The Morgan fingerprint density at radius 2 is 1.92 bits per heavy atom. The Balaban J connectivity index is 1.45. The van der Waals surface area contributed by atoms with Gasteiger partial charge in [0.25, 0.3) is 0 Å². The van der Waals surface area contributed by atoms with Crippen molar-refractivity contribution in [1.29, 1.82) is 0 Å². The second-order valence-electron chi connectivity index (χ2n) is 9.05. The summed E-state index contributed by atoms with van der Waals surface area (Å²) in [7, 11) is 2.32. The number of likely N-dealkylation sites (tertiary alicyclic amines) is 2. The van der Waals surface area contributed by atoms with E-state index in [-0.39, 0.29) is 0 Å². The van der Waals surface area contributed by atoms with E-state index in [2.05, 4.69) is 22.9 Å². The third kappa shape index (κ3) is 4.24. The van der Waals surface area contributed by atoms with Crippen LogP contribution in [0.15, 0.2) is 11.8 Å². The second kappa shape index (κ2) is 8.43. The van der Waals surface area contributed by atoms with Crippen molar-refractivity contribution in [1.82, 2.24) is 9.80 Å². The van der Waals surface area contributed by atoms with Crippen LogP contribution in [0.25, 0.3) is 0 Å². The molecule has 3 fully saturated rings. The van der Waals surface area contributed by atoms with Crippen LogP contribution >= 0.6 is 0 Å². The normalized spacial score (nSPS) is 35.7. The molecule has 2 saturated heterocycles. The minimum atomic E-state index is 0.805. The molecule has 0 aromatic carbocycles. The predicted octanol–water partition coefficient (Wildman–Crippen LogP) is 4.58. The molecule has 3 heterocycles. The number of hydrogen-bond donors (Lipinski definition) is 0. The molecule has 25 heavy (non-hydrogen) atoms. The Labute approximate surface area is 154 Å². The van der Waals surface area contributed by atoms with Crippen molar-refractivity contribution < 1.29 is 4.74 Å². The maximum Gasteiger partial charge on any atom is 0.0920 e. The third-order valence-electron chi connectivity index (χ3n) is 7.30. The number of nitrogens with zero attached hydrogens (tertiary/aromatic N) is 2. The molecule has 4 rings (SSSR count). The van der Waals surface area contributed by atoms with E-state index in [4.69, 9.17) is 4.74 Å². The highest BCUT2D eigenvalue weighted by Crippen LogP contribution is 2.40. The van der Waals surface area contributed by atoms with Crippen LogP contribution in [0.3, 0.4) is 0 Å². The van der Waals surface area contributed by atoms with Crippen molar-refractivity contribution in [2.45, 2.75) is 95.2 Å². The Kier molecular flexibility index (Phi) is 6.02. The fourth-order valence-corrected chi connectivity index (χ4v) is 6.04. The van der Waals surface area contributed by atoms with E-state index in [1.54, 1.807) is 0 Å². The first kappa shape index (κ1) is 17.9. The third-order valence-corrected chi connectivity index (χ3v) is 7.30. The van der Waals surface area contributed by atoms with Gasteiger partial charge in [-0.15, -0.1) is 0 Å². The summed E-state index contributed by atoms with van der Waals surface area (Å²) in [6.07, 6.45) is 18.8. The molecule has 4 aliphatic rings. The lowest BCUT2D eigenvalue weighted by atomic mass is 9.77.